The molecular weight excluding hydrogens is 216 g/mol. The molecular formula is C12H20N4O. The fourth-order valence-corrected chi connectivity index (χ4v) is 2.18. The molecule has 5 nitrogen and oxygen atoms in total. The van der Waals surface area contributed by atoms with Crippen molar-refractivity contribution in [3.05, 3.63) is 22.2 Å². The van der Waals surface area contributed by atoms with Gasteiger partial charge >= 0.3 is 0 Å². The zero-order valence-corrected chi connectivity index (χ0v) is 10.5. The van der Waals surface area contributed by atoms with Gasteiger partial charge in [0, 0.05) is 12.6 Å². The van der Waals surface area contributed by atoms with Gasteiger partial charge in [0.2, 0.25) is 0 Å². The molecule has 0 atom stereocenters. The van der Waals surface area contributed by atoms with Gasteiger partial charge in [-0.2, -0.15) is 0 Å². The number of nitrogens with zero attached hydrogens (tertiary/aromatic N) is 1. The standard InChI is InChI=1S/C12H20N4O/c1-9-15-10(7-11(17)16-9)14-8-12(2)3-5-13-6-4-12/h7,13H,3-6,8H2,1-2H3,(H2,14,15,16,17). The Hall–Kier alpha value is -1.36. The molecule has 0 unspecified atom stereocenters. The summed E-state index contributed by atoms with van der Waals surface area (Å²) in [5.74, 6) is 1.32. The first-order valence-electron chi connectivity index (χ1n) is 6.10. The predicted molar refractivity (Wildman–Crippen MR) is 68.3 cm³/mol. The number of aryl methyl sites for hydroxylation is 1. The van der Waals surface area contributed by atoms with E-state index in [2.05, 4.69) is 27.5 Å². The molecule has 1 aliphatic rings. The van der Waals surface area contributed by atoms with Gasteiger partial charge in [0.05, 0.1) is 0 Å². The molecule has 2 heterocycles. The Morgan fingerprint density at radius 2 is 2.18 bits per heavy atom. The molecule has 0 radical (unpaired) electrons. The van der Waals surface area contributed by atoms with Crippen LogP contribution < -0.4 is 16.2 Å². The fourth-order valence-electron chi connectivity index (χ4n) is 2.18. The first-order chi connectivity index (χ1) is 8.07. The second kappa shape index (κ2) is 4.87. The number of aromatic amines is 1. The number of H-pyrrole nitrogens is 1. The van der Waals surface area contributed by atoms with E-state index in [9.17, 15) is 4.79 Å². The van der Waals surface area contributed by atoms with Crippen molar-refractivity contribution >= 4 is 5.82 Å². The largest absolute Gasteiger partial charge is 0.369 e. The number of aromatic nitrogens is 2. The minimum Gasteiger partial charge on any atom is -0.369 e. The molecule has 1 aromatic rings. The highest BCUT2D eigenvalue weighted by Gasteiger charge is 2.26. The van der Waals surface area contributed by atoms with Crippen LogP contribution >= 0.6 is 0 Å². The van der Waals surface area contributed by atoms with Crippen molar-refractivity contribution in [2.75, 3.05) is 25.0 Å². The smallest absolute Gasteiger partial charge is 0.252 e. The van der Waals surface area contributed by atoms with Crippen LogP contribution in [0.1, 0.15) is 25.6 Å². The fraction of sp³-hybridized carbons (Fsp3) is 0.667. The van der Waals surface area contributed by atoms with E-state index in [1.807, 2.05) is 0 Å². The lowest BCUT2D eigenvalue weighted by Gasteiger charge is -2.34. The molecule has 1 fully saturated rings. The zero-order chi connectivity index (χ0) is 12.3. The third kappa shape index (κ3) is 3.30. The minimum atomic E-state index is -0.101. The molecule has 0 bridgehead atoms. The minimum absolute atomic E-state index is 0.101. The van der Waals surface area contributed by atoms with Crippen LogP contribution in [0.4, 0.5) is 5.82 Å². The van der Waals surface area contributed by atoms with E-state index in [1.54, 1.807) is 6.92 Å². The number of nitrogens with one attached hydrogen (secondary N) is 3. The Morgan fingerprint density at radius 1 is 1.47 bits per heavy atom. The number of hydrogen-bond acceptors (Lipinski definition) is 4. The van der Waals surface area contributed by atoms with Crippen LogP contribution in [0.2, 0.25) is 0 Å². The van der Waals surface area contributed by atoms with Crippen LogP contribution in [0.15, 0.2) is 10.9 Å². The Labute approximate surface area is 101 Å². The summed E-state index contributed by atoms with van der Waals surface area (Å²) in [6.45, 7) is 7.07. The Kier molecular flexibility index (Phi) is 3.47. The molecule has 0 saturated carbocycles. The summed E-state index contributed by atoms with van der Waals surface area (Å²) in [7, 11) is 0. The molecule has 17 heavy (non-hydrogen) atoms. The molecule has 0 amide bonds. The molecule has 2 rings (SSSR count). The first kappa shape index (κ1) is 12.1. The van der Waals surface area contributed by atoms with Crippen molar-refractivity contribution in [3.63, 3.8) is 0 Å². The Morgan fingerprint density at radius 3 is 2.82 bits per heavy atom. The second-order valence-electron chi connectivity index (χ2n) is 5.13. The summed E-state index contributed by atoms with van der Waals surface area (Å²) in [4.78, 5) is 18.2. The molecule has 1 saturated heterocycles. The summed E-state index contributed by atoms with van der Waals surface area (Å²) >= 11 is 0. The van der Waals surface area contributed by atoms with Gasteiger partial charge in [-0.15, -0.1) is 0 Å². The van der Waals surface area contributed by atoms with Crippen LogP contribution in [0.5, 0.6) is 0 Å². The lowest BCUT2D eigenvalue weighted by Crippen LogP contribution is -2.39. The number of hydrogen-bond donors (Lipinski definition) is 3. The molecule has 0 aliphatic carbocycles. The maximum atomic E-state index is 11.3. The maximum absolute atomic E-state index is 11.3. The molecule has 3 N–H and O–H groups in total. The molecule has 94 valence electrons. The van der Waals surface area contributed by atoms with Gasteiger partial charge < -0.3 is 15.6 Å². The summed E-state index contributed by atoms with van der Waals surface area (Å²) < 4.78 is 0. The highest BCUT2D eigenvalue weighted by Crippen LogP contribution is 2.27. The highest BCUT2D eigenvalue weighted by atomic mass is 16.1. The summed E-state index contributed by atoms with van der Waals surface area (Å²) in [6, 6.07) is 1.51. The Bertz CT molecular complexity index is 434. The van der Waals surface area contributed by atoms with Crippen LogP contribution in [-0.2, 0) is 0 Å². The van der Waals surface area contributed by atoms with Crippen LogP contribution in [0.3, 0.4) is 0 Å². The topological polar surface area (TPSA) is 69.8 Å². The van der Waals surface area contributed by atoms with Crippen molar-refractivity contribution in [2.24, 2.45) is 5.41 Å². The lowest BCUT2D eigenvalue weighted by atomic mass is 9.81. The third-order valence-corrected chi connectivity index (χ3v) is 3.37. The van der Waals surface area contributed by atoms with Crippen molar-refractivity contribution in [1.82, 2.24) is 15.3 Å². The van der Waals surface area contributed by atoms with E-state index in [-0.39, 0.29) is 5.56 Å². The third-order valence-electron chi connectivity index (χ3n) is 3.37. The molecule has 0 spiro atoms. The highest BCUT2D eigenvalue weighted by molar-refractivity contribution is 5.33. The Balaban J connectivity index is 1.99. The average molecular weight is 236 g/mol. The zero-order valence-electron chi connectivity index (χ0n) is 10.5. The van der Waals surface area contributed by atoms with Gasteiger partial charge in [0.25, 0.3) is 5.56 Å². The van der Waals surface area contributed by atoms with Crippen molar-refractivity contribution < 1.29 is 0 Å². The number of piperidine rings is 1. The van der Waals surface area contributed by atoms with Gasteiger partial charge in [-0.05, 0) is 38.3 Å². The molecule has 1 aromatic heterocycles. The summed E-state index contributed by atoms with van der Waals surface area (Å²) in [6.07, 6.45) is 2.31. The number of rotatable bonds is 3. The second-order valence-corrected chi connectivity index (χ2v) is 5.13. The van der Waals surface area contributed by atoms with Gasteiger partial charge in [-0.25, -0.2) is 4.98 Å². The van der Waals surface area contributed by atoms with Crippen LogP contribution in [0.25, 0.3) is 0 Å². The lowest BCUT2D eigenvalue weighted by molar-refractivity contribution is 0.247. The van der Waals surface area contributed by atoms with E-state index >= 15 is 0 Å². The average Bonchev–Trinajstić information content (AvgIpc) is 2.26. The molecule has 1 aliphatic heterocycles. The van der Waals surface area contributed by atoms with Crippen LogP contribution in [0, 0.1) is 12.3 Å². The van der Waals surface area contributed by atoms with E-state index < -0.39 is 0 Å². The van der Waals surface area contributed by atoms with E-state index in [4.69, 9.17) is 0 Å². The SMILES string of the molecule is Cc1nc(NCC2(C)CCNCC2)cc(=O)[nH]1. The van der Waals surface area contributed by atoms with Gasteiger partial charge in [0.15, 0.2) is 0 Å². The summed E-state index contributed by atoms with van der Waals surface area (Å²) in [5.41, 5.74) is 0.194. The van der Waals surface area contributed by atoms with E-state index in [1.165, 1.54) is 6.07 Å². The first-order valence-corrected chi connectivity index (χ1v) is 6.10. The number of anilines is 1. The predicted octanol–water partition coefficient (Wildman–Crippen LogP) is 0.880. The molecule has 0 aromatic carbocycles. The van der Waals surface area contributed by atoms with E-state index in [0.29, 0.717) is 17.1 Å². The van der Waals surface area contributed by atoms with Gasteiger partial charge in [-0.3, -0.25) is 4.79 Å². The van der Waals surface area contributed by atoms with E-state index in [0.717, 1.165) is 32.5 Å². The van der Waals surface area contributed by atoms with Crippen molar-refractivity contribution in [3.8, 4) is 0 Å². The summed E-state index contributed by atoms with van der Waals surface area (Å²) in [5, 5.41) is 6.64. The van der Waals surface area contributed by atoms with Crippen molar-refractivity contribution in [2.45, 2.75) is 26.7 Å². The van der Waals surface area contributed by atoms with Gasteiger partial charge in [0.1, 0.15) is 11.6 Å². The van der Waals surface area contributed by atoms with Gasteiger partial charge in [-0.1, -0.05) is 6.92 Å². The molecule has 5 heteroatoms. The van der Waals surface area contributed by atoms with Crippen molar-refractivity contribution in [1.29, 1.82) is 0 Å². The van der Waals surface area contributed by atoms with Crippen LogP contribution in [-0.4, -0.2) is 29.6 Å². The quantitative estimate of drug-likeness (QED) is 0.728. The monoisotopic (exact) mass is 236 g/mol. The normalized spacial score (nSPS) is 18.9. The maximum Gasteiger partial charge on any atom is 0.252 e.